The SMILES string of the molecule is CCn1c(SCC(=O)O)nnc1-c1cccnc1C. The lowest BCUT2D eigenvalue weighted by molar-refractivity contribution is -0.133. The highest BCUT2D eigenvalue weighted by molar-refractivity contribution is 7.99. The van der Waals surface area contributed by atoms with Gasteiger partial charge in [-0.25, -0.2) is 0 Å². The third-order valence-corrected chi connectivity index (χ3v) is 3.56. The van der Waals surface area contributed by atoms with Crippen molar-refractivity contribution in [2.45, 2.75) is 25.5 Å². The van der Waals surface area contributed by atoms with Gasteiger partial charge in [0.2, 0.25) is 0 Å². The minimum atomic E-state index is -0.866. The molecule has 0 aliphatic rings. The second kappa shape index (κ2) is 5.83. The van der Waals surface area contributed by atoms with Gasteiger partial charge in [-0.2, -0.15) is 0 Å². The number of thioether (sulfide) groups is 1. The van der Waals surface area contributed by atoms with E-state index in [2.05, 4.69) is 15.2 Å². The van der Waals surface area contributed by atoms with Crippen LogP contribution in [0.1, 0.15) is 12.6 Å². The number of pyridine rings is 1. The number of aryl methyl sites for hydroxylation is 1. The lowest BCUT2D eigenvalue weighted by Gasteiger charge is -2.07. The van der Waals surface area contributed by atoms with E-state index in [1.165, 1.54) is 11.8 Å². The van der Waals surface area contributed by atoms with Crippen LogP contribution in [0.3, 0.4) is 0 Å². The van der Waals surface area contributed by atoms with Crippen LogP contribution in [-0.4, -0.2) is 36.6 Å². The number of aliphatic carboxylic acids is 1. The third-order valence-electron chi connectivity index (χ3n) is 2.61. The van der Waals surface area contributed by atoms with Crippen LogP contribution in [0.15, 0.2) is 23.5 Å². The van der Waals surface area contributed by atoms with Crippen molar-refractivity contribution in [2.24, 2.45) is 0 Å². The number of carbonyl (C=O) groups is 1. The maximum absolute atomic E-state index is 10.6. The van der Waals surface area contributed by atoms with Gasteiger partial charge in [-0.1, -0.05) is 11.8 Å². The van der Waals surface area contributed by atoms with Crippen molar-refractivity contribution in [3.05, 3.63) is 24.0 Å². The van der Waals surface area contributed by atoms with Crippen LogP contribution in [-0.2, 0) is 11.3 Å². The van der Waals surface area contributed by atoms with E-state index < -0.39 is 5.97 Å². The van der Waals surface area contributed by atoms with E-state index in [1.807, 2.05) is 30.5 Å². The summed E-state index contributed by atoms with van der Waals surface area (Å²) in [5.41, 5.74) is 1.79. The van der Waals surface area contributed by atoms with Crippen LogP contribution in [0.25, 0.3) is 11.4 Å². The first-order valence-electron chi connectivity index (χ1n) is 5.83. The van der Waals surface area contributed by atoms with Crippen LogP contribution < -0.4 is 0 Å². The normalized spacial score (nSPS) is 10.6. The zero-order valence-corrected chi connectivity index (χ0v) is 11.5. The van der Waals surface area contributed by atoms with E-state index in [4.69, 9.17) is 5.11 Å². The second-order valence-corrected chi connectivity index (χ2v) is 4.81. The fourth-order valence-corrected chi connectivity index (χ4v) is 2.45. The van der Waals surface area contributed by atoms with Gasteiger partial charge >= 0.3 is 5.97 Å². The number of carboxylic acid groups (broad SMARTS) is 1. The molecule has 0 spiro atoms. The molecule has 1 N–H and O–H groups in total. The van der Waals surface area contributed by atoms with E-state index in [9.17, 15) is 4.79 Å². The van der Waals surface area contributed by atoms with Crippen LogP contribution in [0.4, 0.5) is 0 Å². The Morgan fingerprint density at radius 3 is 2.89 bits per heavy atom. The summed E-state index contributed by atoms with van der Waals surface area (Å²) in [6, 6.07) is 3.78. The number of aromatic nitrogens is 4. The Hall–Kier alpha value is -1.89. The number of hydrogen-bond acceptors (Lipinski definition) is 5. The molecule has 0 radical (unpaired) electrons. The maximum Gasteiger partial charge on any atom is 0.313 e. The Labute approximate surface area is 114 Å². The van der Waals surface area contributed by atoms with Gasteiger partial charge in [-0.3, -0.25) is 9.78 Å². The molecule has 7 heteroatoms. The third kappa shape index (κ3) is 2.93. The Balaban J connectivity index is 2.37. The standard InChI is InChI=1S/C12H14N4O2S/c1-3-16-11(9-5-4-6-13-8(9)2)14-15-12(16)19-7-10(17)18/h4-6H,3,7H2,1-2H3,(H,17,18). The van der Waals surface area contributed by atoms with Gasteiger partial charge in [0, 0.05) is 24.0 Å². The van der Waals surface area contributed by atoms with E-state index >= 15 is 0 Å². The van der Waals surface area contributed by atoms with Crippen molar-refractivity contribution >= 4 is 17.7 Å². The molecule has 100 valence electrons. The van der Waals surface area contributed by atoms with Crippen molar-refractivity contribution in [1.29, 1.82) is 0 Å². The minimum absolute atomic E-state index is 0.0237. The molecule has 2 aromatic heterocycles. The molecule has 0 atom stereocenters. The molecular formula is C12H14N4O2S. The molecule has 2 rings (SSSR count). The summed E-state index contributed by atoms with van der Waals surface area (Å²) < 4.78 is 1.90. The molecule has 0 aliphatic heterocycles. The number of rotatable bonds is 5. The van der Waals surface area contributed by atoms with Crippen molar-refractivity contribution in [2.75, 3.05) is 5.75 Å². The lowest BCUT2D eigenvalue weighted by Crippen LogP contribution is -2.04. The van der Waals surface area contributed by atoms with Gasteiger partial charge in [0.25, 0.3) is 0 Å². The summed E-state index contributed by atoms with van der Waals surface area (Å²) >= 11 is 1.17. The zero-order chi connectivity index (χ0) is 13.8. The highest BCUT2D eigenvalue weighted by Crippen LogP contribution is 2.25. The first-order valence-corrected chi connectivity index (χ1v) is 6.81. The van der Waals surface area contributed by atoms with Crippen molar-refractivity contribution < 1.29 is 9.90 Å². The highest BCUT2D eigenvalue weighted by atomic mass is 32.2. The molecule has 2 heterocycles. The van der Waals surface area contributed by atoms with Crippen molar-refractivity contribution in [3.63, 3.8) is 0 Å². The molecule has 0 amide bonds. The van der Waals surface area contributed by atoms with Gasteiger partial charge in [-0.05, 0) is 26.0 Å². The number of nitrogens with zero attached hydrogens (tertiary/aromatic N) is 4. The van der Waals surface area contributed by atoms with Crippen LogP contribution in [0.2, 0.25) is 0 Å². The Bertz CT molecular complexity index is 597. The first-order chi connectivity index (χ1) is 9.13. The summed E-state index contributed by atoms with van der Waals surface area (Å²) in [5, 5.41) is 17.5. The van der Waals surface area contributed by atoms with E-state index in [0.29, 0.717) is 11.7 Å². The van der Waals surface area contributed by atoms with Gasteiger partial charge in [0.15, 0.2) is 11.0 Å². The van der Waals surface area contributed by atoms with Crippen LogP contribution in [0.5, 0.6) is 0 Å². The largest absolute Gasteiger partial charge is 0.481 e. The molecule has 19 heavy (non-hydrogen) atoms. The van der Waals surface area contributed by atoms with Crippen molar-refractivity contribution in [3.8, 4) is 11.4 Å². The van der Waals surface area contributed by atoms with E-state index in [-0.39, 0.29) is 5.75 Å². The van der Waals surface area contributed by atoms with Gasteiger partial charge in [0.05, 0.1) is 5.75 Å². The second-order valence-electron chi connectivity index (χ2n) is 3.87. The molecule has 2 aromatic rings. The quantitative estimate of drug-likeness (QED) is 0.841. The van der Waals surface area contributed by atoms with E-state index in [0.717, 1.165) is 17.1 Å². The highest BCUT2D eigenvalue weighted by Gasteiger charge is 2.15. The Morgan fingerprint density at radius 2 is 2.26 bits per heavy atom. The topological polar surface area (TPSA) is 80.9 Å². The molecule has 0 saturated carbocycles. The molecular weight excluding hydrogens is 264 g/mol. The molecule has 0 unspecified atom stereocenters. The molecule has 0 aromatic carbocycles. The lowest BCUT2D eigenvalue weighted by atomic mass is 10.2. The van der Waals surface area contributed by atoms with Crippen LogP contribution in [0, 0.1) is 6.92 Å². The Morgan fingerprint density at radius 1 is 1.47 bits per heavy atom. The average molecular weight is 278 g/mol. The molecule has 0 fully saturated rings. The smallest absolute Gasteiger partial charge is 0.313 e. The number of hydrogen-bond donors (Lipinski definition) is 1. The maximum atomic E-state index is 10.6. The predicted octanol–water partition coefficient (Wildman–Crippen LogP) is 1.85. The average Bonchev–Trinajstić information content (AvgIpc) is 2.79. The summed E-state index contributed by atoms with van der Waals surface area (Å²) in [7, 11) is 0. The molecule has 0 bridgehead atoms. The van der Waals surface area contributed by atoms with Gasteiger partial charge in [0.1, 0.15) is 0 Å². The number of carboxylic acids is 1. The summed E-state index contributed by atoms with van der Waals surface area (Å²) in [5.74, 6) is -0.166. The summed E-state index contributed by atoms with van der Waals surface area (Å²) in [4.78, 5) is 14.8. The molecule has 0 saturated heterocycles. The van der Waals surface area contributed by atoms with Crippen LogP contribution >= 0.6 is 11.8 Å². The fraction of sp³-hybridized carbons (Fsp3) is 0.333. The summed E-state index contributed by atoms with van der Waals surface area (Å²) in [6.07, 6.45) is 1.73. The first kappa shape index (κ1) is 13.5. The van der Waals surface area contributed by atoms with Gasteiger partial charge in [-0.15, -0.1) is 10.2 Å². The molecule has 6 nitrogen and oxygen atoms in total. The van der Waals surface area contributed by atoms with E-state index in [1.54, 1.807) is 6.20 Å². The minimum Gasteiger partial charge on any atom is -0.481 e. The molecule has 0 aliphatic carbocycles. The monoisotopic (exact) mass is 278 g/mol. The summed E-state index contributed by atoms with van der Waals surface area (Å²) in [6.45, 7) is 4.57. The Kier molecular flexibility index (Phi) is 4.16. The predicted molar refractivity (Wildman–Crippen MR) is 72.0 cm³/mol. The van der Waals surface area contributed by atoms with Crippen molar-refractivity contribution in [1.82, 2.24) is 19.7 Å². The zero-order valence-electron chi connectivity index (χ0n) is 10.7. The fourth-order valence-electron chi connectivity index (χ4n) is 1.73. The van der Waals surface area contributed by atoms with Gasteiger partial charge < -0.3 is 9.67 Å².